The Morgan fingerprint density at radius 3 is 1.75 bits per heavy atom. The van der Waals surface area contributed by atoms with Crippen LogP contribution in [0.2, 0.25) is 0 Å². The predicted molar refractivity (Wildman–Crippen MR) is 213 cm³/mol. The number of hydrogen-bond donors (Lipinski definition) is 0. The van der Waals surface area contributed by atoms with E-state index in [9.17, 15) is 0 Å². The monoisotopic (exact) mass is 665 g/mol. The van der Waals surface area contributed by atoms with Crippen LogP contribution in [0, 0.1) is 0 Å². The van der Waals surface area contributed by atoms with Gasteiger partial charge in [-0.15, -0.1) is 0 Å². The molecule has 3 heteroatoms. The number of fused-ring (bicyclic) bond motifs is 9. The zero-order chi connectivity index (χ0) is 34.2. The van der Waals surface area contributed by atoms with Crippen molar-refractivity contribution in [2.75, 3.05) is 4.90 Å². The Kier molecular flexibility index (Phi) is 6.17. The van der Waals surface area contributed by atoms with Crippen LogP contribution in [-0.2, 0) is 5.41 Å². The topological polar surface area (TPSA) is 29.5 Å². The van der Waals surface area contributed by atoms with E-state index < -0.39 is 5.41 Å². The summed E-state index contributed by atoms with van der Waals surface area (Å²) in [5.74, 6) is 0. The summed E-state index contributed by atoms with van der Waals surface area (Å²) >= 11 is 0. The molecule has 0 fully saturated rings. The number of benzene rings is 8. The molecule has 0 amide bonds. The molecule has 3 nitrogen and oxygen atoms in total. The van der Waals surface area contributed by atoms with E-state index in [-0.39, 0.29) is 0 Å². The average Bonchev–Trinajstić information content (AvgIpc) is 3.88. The first-order valence-electron chi connectivity index (χ1n) is 17.8. The number of nitrogens with zero attached hydrogens (tertiary/aromatic N) is 1. The Bertz CT molecular complexity index is 2930. The summed E-state index contributed by atoms with van der Waals surface area (Å²) in [4.78, 5) is 2.37. The molecule has 11 rings (SSSR count). The van der Waals surface area contributed by atoms with Gasteiger partial charge in [0.2, 0.25) is 0 Å². The minimum atomic E-state index is -0.532. The van der Waals surface area contributed by atoms with Crippen molar-refractivity contribution in [2.24, 2.45) is 0 Å². The van der Waals surface area contributed by atoms with Crippen LogP contribution in [-0.4, -0.2) is 0 Å². The van der Waals surface area contributed by atoms with Gasteiger partial charge in [0, 0.05) is 21.8 Å². The maximum atomic E-state index is 6.75. The molecule has 0 bridgehead atoms. The lowest BCUT2D eigenvalue weighted by Crippen LogP contribution is -2.28. The summed E-state index contributed by atoms with van der Waals surface area (Å²) in [7, 11) is 0. The predicted octanol–water partition coefficient (Wildman–Crippen LogP) is 13.3. The van der Waals surface area contributed by atoms with Crippen molar-refractivity contribution in [3.05, 3.63) is 210 Å². The lowest BCUT2D eigenvalue weighted by molar-refractivity contribution is 0.668. The fraction of sp³-hybridized carbons (Fsp3) is 0.0204. The third-order valence-electron chi connectivity index (χ3n) is 10.9. The van der Waals surface area contributed by atoms with E-state index in [4.69, 9.17) is 8.83 Å². The van der Waals surface area contributed by atoms with Crippen molar-refractivity contribution in [1.82, 2.24) is 0 Å². The normalized spacial score (nSPS) is 13.2. The lowest BCUT2D eigenvalue weighted by atomic mass is 9.67. The highest BCUT2D eigenvalue weighted by Crippen LogP contribution is 2.57. The van der Waals surface area contributed by atoms with Gasteiger partial charge < -0.3 is 13.7 Å². The Morgan fingerprint density at radius 2 is 0.962 bits per heavy atom. The number of anilines is 3. The molecule has 0 atom stereocenters. The van der Waals surface area contributed by atoms with Crippen LogP contribution in [0.1, 0.15) is 22.3 Å². The third-order valence-corrected chi connectivity index (χ3v) is 10.9. The number of para-hydroxylation sites is 3. The largest absolute Gasteiger partial charge is 0.456 e. The highest BCUT2D eigenvalue weighted by Gasteiger charge is 2.46. The molecule has 0 saturated carbocycles. The van der Waals surface area contributed by atoms with Gasteiger partial charge in [-0.25, -0.2) is 0 Å². The van der Waals surface area contributed by atoms with E-state index in [0.29, 0.717) is 0 Å². The minimum Gasteiger partial charge on any atom is -0.456 e. The highest BCUT2D eigenvalue weighted by molar-refractivity contribution is 6.16. The van der Waals surface area contributed by atoms with Crippen LogP contribution >= 0.6 is 0 Å². The molecule has 1 aliphatic carbocycles. The van der Waals surface area contributed by atoms with Crippen molar-refractivity contribution in [1.29, 1.82) is 0 Å². The molecule has 2 aromatic heterocycles. The van der Waals surface area contributed by atoms with E-state index in [1.165, 1.54) is 33.4 Å². The molecule has 0 aliphatic heterocycles. The van der Waals surface area contributed by atoms with Crippen molar-refractivity contribution in [3.8, 4) is 11.1 Å². The van der Waals surface area contributed by atoms with Gasteiger partial charge in [0.25, 0.3) is 0 Å². The minimum absolute atomic E-state index is 0.532. The van der Waals surface area contributed by atoms with Gasteiger partial charge in [-0.1, -0.05) is 146 Å². The molecule has 0 N–H and O–H groups in total. The Balaban J connectivity index is 1.26. The molecule has 10 aromatic rings. The smallest absolute Gasteiger partial charge is 0.159 e. The van der Waals surface area contributed by atoms with Crippen LogP contribution in [0.5, 0.6) is 0 Å². The third kappa shape index (κ3) is 3.96. The fourth-order valence-electron chi connectivity index (χ4n) is 8.83. The summed E-state index contributed by atoms with van der Waals surface area (Å²) in [5, 5.41) is 4.32. The lowest BCUT2D eigenvalue weighted by Gasteiger charge is -2.35. The number of rotatable bonds is 5. The first-order valence-corrected chi connectivity index (χ1v) is 17.8. The molecule has 8 aromatic carbocycles. The van der Waals surface area contributed by atoms with Gasteiger partial charge in [0.15, 0.2) is 5.58 Å². The molecule has 1 aliphatic rings. The quantitative estimate of drug-likeness (QED) is 0.183. The van der Waals surface area contributed by atoms with Crippen LogP contribution in [0.25, 0.3) is 55.0 Å². The summed E-state index contributed by atoms with van der Waals surface area (Å²) in [5.41, 5.74) is 13.4. The Hall–Kier alpha value is -6.84. The van der Waals surface area contributed by atoms with Gasteiger partial charge in [0.05, 0.1) is 22.2 Å². The molecular formula is C49H31NO2. The Labute approximate surface area is 300 Å². The first kappa shape index (κ1) is 28.9. The summed E-state index contributed by atoms with van der Waals surface area (Å²) in [6.07, 6.45) is 0. The summed E-state index contributed by atoms with van der Waals surface area (Å²) < 4.78 is 13.2. The second-order valence-electron chi connectivity index (χ2n) is 13.6. The zero-order valence-corrected chi connectivity index (χ0v) is 28.2. The molecule has 0 radical (unpaired) electrons. The van der Waals surface area contributed by atoms with Gasteiger partial charge in [0.1, 0.15) is 16.7 Å². The van der Waals surface area contributed by atoms with Crippen LogP contribution in [0.3, 0.4) is 0 Å². The van der Waals surface area contributed by atoms with Crippen molar-refractivity contribution < 1.29 is 8.83 Å². The second kappa shape index (κ2) is 11.1. The van der Waals surface area contributed by atoms with E-state index in [0.717, 1.165) is 60.9 Å². The van der Waals surface area contributed by atoms with Gasteiger partial charge in [-0.2, -0.15) is 0 Å². The van der Waals surface area contributed by atoms with Crippen LogP contribution < -0.4 is 4.90 Å². The summed E-state index contributed by atoms with van der Waals surface area (Å²) in [6.45, 7) is 0. The number of furan rings is 2. The Morgan fingerprint density at radius 1 is 0.385 bits per heavy atom. The standard InChI is InChI=1S/C49H31NO2/c1-3-15-32(16-4-1)49(33-17-5-2-6-18-33)40-23-10-7-19-35(40)36-30-29-34(31-41(36)49)50(42-24-14-28-46-47(42)39-21-9-12-27-45(39)51-46)43-25-13-22-38-37-20-8-11-26-44(37)52-48(38)43/h1-31H. The molecule has 2 heterocycles. The van der Waals surface area contributed by atoms with E-state index in [1.807, 2.05) is 18.2 Å². The highest BCUT2D eigenvalue weighted by atomic mass is 16.3. The maximum absolute atomic E-state index is 6.75. The fourth-order valence-corrected chi connectivity index (χ4v) is 8.83. The molecule has 0 unspecified atom stereocenters. The SMILES string of the molecule is c1ccc(C2(c3ccccc3)c3ccccc3-c3ccc(N(c4cccc5c4oc4ccccc45)c4cccc5oc6ccccc6c45)cc32)cc1. The first-order chi connectivity index (χ1) is 25.8. The van der Waals surface area contributed by atoms with E-state index in [1.54, 1.807) is 0 Å². The molecule has 0 saturated heterocycles. The van der Waals surface area contributed by atoms with E-state index in [2.05, 4.69) is 175 Å². The average molecular weight is 666 g/mol. The van der Waals surface area contributed by atoms with Crippen LogP contribution in [0.4, 0.5) is 17.1 Å². The molecule has 0 spiro atoms. The van der Waals surface area contributed by atoms with Crippen molar-refractivity contribution in [3.63, 3.8) is 0 Å². The van der Waals surface area contributed by atoms with Gasteiger partial charge in [-0.3, -0.25) is 0 Å². The second-order valence-corrected chi connectivity index (χ2v) is 13.6. The molecule has 52 heavy (non-hydrogen) atoms. The number of hydrogen-bond acceptors (Lipinski definition) is 3. The van der Waals surface area contributed by atoms with Crippen molar-refractivity contribution >= 4 is 60.9 Å². The zero-order valence-electron chi connectivity index (χ0n) is 28.2. The van der Waals surface area contributed by atoms with E-state index >= 15 is 0 Å². The maximum Gasteiger partial charge on any atom is 0.159 e. The summed E-state index contributed by atoms with van der Waals surface area (Å²) in [6, 6.07) is 67.3. The van der Waals surface area contributed by atoms with Crippen molar-refractivity contribution in [2.45, 2.75) is 5.41 Å². The van der Waals surface area contributed by atoms with Gasteiger partial charge in [-0.05, 0) is 75.8 Å². The van der Waals surface area contributed by atoms with Crippen LogP contribution in [0.15, 0.2) is 197 Å². The molecule has 244 valence electrons. The van der Waals surface area contributed by atoms with Gasteiger partial charge >= 0.3 is 0 Å². The molecular weight excluding hydrogens is 635 g/mol.